The van der Waals surface area contributed by atoms with Crippen molar-refractivity contribution in [2.24, 2.45) is 0 Å². The summed E-state index contributed by atoms with van der Waals surface area (Å²) in [5.41, 5.74) is 1.03. The van der Waals surface area contributed by atoms with E-state index in [0.29, 0.717) is 19.0 Å². The van der Waals surface area contributed by atoms with Crippen LogP contribution in [-0.2, 0) is 0 Å². The highest BCUT2D eigenvalue weighted by atomic mass is 16.6. The highest BCUT2D eigenvalue weighted by molar-refractivity contribution is 5.53. The molecule has 0 radical (unpaired) electrons. The summed E-state index contributed by atoms with van der Waals surface area (Å²) in [5, 5.41) is 13.2. The second-order valence-corrected chi connectivity index (χ2v) is 4.56. The molecule has 4 heteroatoms. The van der Waals surface area contributed by atoms with Gasteiger partial charge < -0.3 is 19.9 Å². The zero-order valence-corrected chi connectivity index (χ0v) is 9.74. The summed E-state index contributed by atoms with van der Waals surface area (Å²) in [7, 11) is 0. The van der Waals surface area contributed by atoms with Gasteiger partial charge in [0.25, 0.3) is 0 Å². The molecule has 1 atom stereocenters. The summed E-state index contributed by atoms with van der Waals surface area (Å²) in [6.45, 7) is 2.15. The first-order valence-corrected chi connectivity index (χ1v) is 6.20. The van der Waals surface area contributed by atoms with Gasteiger partial charge in [0, 0.05) is 17.7 Å². The maximum Gasteiger partial charge on any atom is 0.166 e. The summed E-state index contributed by atoms with van der Waals surface area (Å²) in [6.07, 6.45) is 3.51. The molecule has 92 valence electrons. The van der Waals surface area contributed by atoms with Gasteiger partial charge in [0.1, 0.15) is 19.0 Å². The SMILES string of the molecule is Oc1cc2c(c(C3CCCCN3)c1)OCCO2. The molecule has 2 heterocycles. The second kappa shape index (κ2) is 4.45. The van der Waals surface area contributed by atoms with Gasteiger partial charge >= 0.3 is 0 Å². The average molecular weight is 235 g/mol. The predicted octanol–water partition coefficient (Wildman–Crippen LogP) is 1.98. The van der Waals surface area contributed by atoms with Crippen molar-refractivity contribution < 1.29 is 14.6 Å². The van der Waals surface area contributed by atoms with Gasteiger partial charge in [-0.1, -0.05) is 6.42 Å². The van der Waals surface area contributed by atoms with E-state index in [-0.39, 0.29) is 11.8 Å². The Morgan fingerprint density at radius 2 is 2.06 bits per heavy atom. The van der Waals surface area contributed by atoms with Crippen LogP contribution < -0.4 is 14.8 Å². The number of benzene rings is 1. The first-order chi connectivity index (χ1) is 8.34. The molecule has 4 nitrogen and oxygen atoms in total. The van der Waals surface area contributed by atoms with E-state index in [2.05, 4.69) is 5.32 Å². The Morgan fingerprint density at radius 1 is 1.18 bits per heavy atom. The average Bonchev–Trinajstić information content (AvgIpc) is 2.39. The van der Waals surface area contributed by atoms with Crippen LogP contribution in [0.1, 0.15) is 30.9 Å². The molecule has 0 saturated carbocycles. The van der Waals surface area contributed by atoms with E-state index < -0.39 is 0 Å². The van der Waals surface area contributed by atoms with Crippen molar-refractivity contribution in [2.45, 2.75) is 25.3 Å². The lowest BCUT2D eigenvalue weighted by Crippen LogP contribution is -2.28. The number of nitrogens with one attached hydrogen (secondary N) is 1. The molecule has 0 aromatic heterocycles. The van der Waals surface area contributed by atoms with Gasteiger partial charge in [0.2, 0.25) is 0 Å². The van der Waals surface area contributed by atoms with Crippen LogP contribution in [0, 0.1) is 0 Å². The Labute approximate surface area is 101 Å². The van der Waals surface area contributed by atoms with E-state index >= 15 is 0 Å². The summed E-state index contributed by atoms with van der Waals surface area (Å²) in [6, 6.07) is 3.68. The van der Waals surface area contributed by atoms with Gasteiger partial charge in [-0.2, -0.15) is 0 Å². The first kappa shape index (κ1) is 10.7. The Kier molecular flexibility index (Phi) is 2.81. The van der Waals surface area contributed by atoms with E-state index in [0.717, 1.165) is 24.3 Å². The number of hydrogen-bond donors (Lipinski definition) is 2. The minimum atomic E-state index is 0.247. The minimum Gasteiger partial charge on any atom is -0.508 e. The van der Waals surface area contributed by atoms with Gasteiger partial charge in [-0.05, 0) is 25.5 Å². The number of ether oxygens (including phenoxy) is 2. The third-order valence-corrected chi connectivity index (χ3v) is 3.34. The molecule has 17 heavy (non-hydrogen) atoms. The van der Waals surface area contributed by atoms with Crippen molar-refractivity contribution in [3.8, 4) is 17.2 Å². The molecular weight excluding hydrogens is 218 g/mol. The van der Waals surface area contributed by atoms with Crippen LogP contribution in [-0.4, -0.2) is 24.9 Å². The van der Waals surface area contributed by atoms with E-state index in [1.807, 2.05) is 0 Å². The number of aromatic hydroxyl groups is 1. The maximum absolute atomic E-state index is 9.74. The molecule has 2 N–H and O–H groups in total. The van der Waals surface area contributed by atoms with Gasteiger partial charge in [0.05, 0.1) is 0 Å². The fourth-order valence-electron chi connectivity index (χ4n) is 2.54. The lowest BCUT2D eigenvalue weighted by Gasteiger charge is -2.28. The molecule has 0 aliphatic carbocycles. The van der Waals surface area contributed by atoms with Crippen LogP contribution in [0.5, 0.6) is 17.2 Å². The molecule has 1 aromatic carbocycles. The molecule has 0 bridgehead atoms. The molecule has 0 spiro atoms. The largest absolute Gasteiger partial charge is 0.508 e. The number of phenols is 1. The standard InChI is InChI=1S/C13H17NO3/c15-9-7-10(11-3-1-2-4-14-11)13-12(8-9)16-5-6-17-13/h7-8,11,14-15H,1-6H2. The first-order valence-electron chi connectivity index (χ1n) is 6.20. The summed E-state index contributed by atoms with van der Waals surface area (Å²) in [5.74, 6) is 1.71. The quantitative estimate of drug-likeness (QED) is 0.781. The summed E-state index contributed by atoms with van der Waals surface area (Å²) in [4.78, 5) is 0. The lowest BCUT2D eigenvalue weighted by molar-refractivity contribution is 0.167. The van der Waals surface area contributed by atoms with Crippen molar-refractivity contribution in [1.82, 2.24) is 5.32 Å². The minimum absolute atomic E-state index is 0.247. The molecule has 1 fully saturated rings. The topological polar surface area (TPSA) is 50.7 Å². The van der Waals surface area contributed by atoms with Crippen LogP contribution in [0.15, 0.2) is 12.1 Å². The van der Waals surface area contributed by atoms with Crippen LogP contribution >= 0.6 is 0 Å². The number of phenolic OH excluding ortho intramolecular Hbond substituents is 1. The zero-order chi connectivity index (χ0) is 11.7. The molecule has 0 amide bonds. The van der Waals surface area contributed by atoms with Gasteiger partial charge in [-0.25, -0.2) is 0 Å². The van der Waals surface area contributed by atoms with Crippen molar-refractivity contribution in [3.05, 3.63) is 17.7 Å². The molecule has 1 unspecified atom stereocenters. The normalized spacial score (nSPS) is 23.4. The van der Waals surface area contributed by atoms with E-state index in [1.165, 1.54) is 12.8 Å². The number of fused-ring (bicyclic) bond motifs is 1. The molecular formula is C13H17NO3. The summed E-state index contributed by atoms with van der Waals surface area (Å²) < 4.78 is 11.2. The summed E-state index contributed by atoms with van der Waals surface area (Å²) >= 11 is 0. The lowest BCUT2D eigenvalue weighted by atomic mass is 9.96. The van der Waals surface area contributed by atoms with Crippen molar-refractivity contribution in [2.75, 3.05) is 19.8 Å². The van der Waals surface area contributed by atoms with E-state index in [4.69, 9.17) is 9.47 Å². The number of rotatable bonds is 1. The fraction of sp³-hybridized carbons (Fsp3) is 0.538. The van der Waals surface area contributed by atoms with Crippen LogP contribution in [0.4, 0.5) is 0 Å². The van der Waals surface area contributed by atoms with Gasteiger partial charge in [0.15, 0.2) is 11.5 Å². The Balaban J connectivity index is 1.98. The van der Waals surface area contributed by atoms with Crippen molar-refractivity contribution in [3.63, 3.8) is 0 Å². The number of piperidine rings is 1. The fourth-order valence-corrected chi connectivity index (χ4v) is 2.54. The van der Waals surface area contributed by atoms with Crippen molar-refractivity contribution >= 4 is 0 Å². The molecule has 2 aliphatic heterocycles. The molecule has 3 rings (SSSR count). The maximum atomic E-state index is 9.74. The molecule has 1 saturated heterocycles. The molecule has 1 aromatic rings. The predicted molar refractivity (Wildman–Crippen MR) is 63.7 cm³/mol. The Morgan fingerprint density at radius 3 is 2.88 bits per heavy atom. The van der Waals surface area contributed by atoms with E-state index in [9.17, 15) is 5.11 Å². The smallest absolute Gasteiger partial charge is 0.166 e. The zero-order valence-electron chi connectivity index (χ0n) is 9.74. The Bertz CT molecular complexity index is 413. The highest BCUT2D eigenvalue weighted by Crippen LogP contribution is 2.42. The molecule has 2 aliphatic rings. The monoisotopic (exact) mass is 235 g/mol. The third-order valence-electron chi connectivity index (χ3n) is 3.34. The van der Waals surface area contributed by atoms with Crippen LogP contribution in [0.2, 0.25) is 0 Å². The van der Waals surface area contributed by atoms with Crippen LogP contribution in [0.25, 0.3) is 0 Å². The van der Waals surface area contributed by atoms with Gasteiger partial charge in [-0.15, -0.1) is 0 Å². The highest BCUT2D eigenvalue weighted by Gasteiger charge is 2.24. The van der Waals surface area contributed by atoms with Gasteiger partial charge in [-0.3, -0.25) is 0 Å². The van der Waals surface area contributed by atoms with E-state index in [1.54, 1.807) is 12.1 Å². The Hall–Kier alpha value is -1.42. The van der Waals surface area contributed by atoms with Crippen molar-refractivity contribution in [1.29, 1.82) is 0 Å². The second-order valence-electron chi connectivity index (χ2n) is 4.56. The van der Waals surface area contributed by atoms with Crippen LogP contribution in [0.3, 0.4) is 0 Å². The number of hydrogen-bond acceptors (Lipinski definition) is 4. The third kappa shape index (κ3) is 2.05.